The molecule has 0 radical (unpaired) electrons. The van der Waals surface area contributed by atoms with Gasteiger partial charge in [-0.2, -0.15) is 0 Å². The monoisotopic (exact) mass is 348 g/mol. The van der Waals surface area contributed by atoms with Crippen molar-refractivity contribution in [3.8, 4) is 5.69 Å². The molecule has 132 valence electrons. The third kappa shape index (κ3) is 3.23. The van der Waals surface area contributed by atoms with Crippen LogP contribution in [0.3, 0.4) is 0 Å². The highest BCUT2D eigenvalue weighted by Gasteiger charge is 2.34. The Morgan fingerprint density at radius 3 is 2.69 bits per heavy atom. The molecule has 1 fully saturated rings. The van der Waals surface area contributed by atoms with E-state index in [4.69, 9.17) is 0 Å². The van der Waals surface area contributed by atoms with Crippen LogP contribution in [0.25, 0.3) is 5.69 Å². The number of benzene rings is 2. The van der Waals surface area contributed by atoms with Gasteiger partial charge in [0.05, 0.1) is 18.0 Å². The third-order valence-corrected chi connectivity index (χ3v) is 4.53. The minimum atomic E-state index is -0.277. The molecule has 1 heterocycles. The number of aromatic nitrogens is 3. The van der Waals surface area contributed by atoms with E-state index in [0.29, 0.717) is 17.3 Å². The maximum Gasteiger partial charge on any atom is 0.278 e. The first kappa shape index (κ1) is 16.5. The zero-order valence-corrected chi connectivity index (χ0v) is 14.5. The van der Waals surface area contributed by atoms with Gasteiger partial charge in [0.1, 0.15) is 0 Å². The quantitative estimate of drug-likeness (QED) is 0.742. The number of nitrogens with one attached hydrogen (secondary N) is 1. The number of carbonyl (C=O) groups excluding carboxylic acids is 1. The summed E-state index contributed by atoms with van der Waals surface area (Å²) in [7, 11) is 0. The highest BCUT2D eigenvalue weighted by molar-refractivity contribution is 6.03. The van der Waals surface area contributed by atoms with E-state index in [1.165, 1.54) is 5.56 Å². The third-order valence-electron chi connectivity index (χ3n) is 4.53. The van der Waals surface area contributed by atoms with Gasteiger partial charge in [-0.05, 0) is 49.6 Å². The average molecular weight is 348 g/mol. The van der Waals surface area contributed by atoms with Crippen molar-refractivity contribution in [1.29, 1.82) is 0 Å². The molecule has 1 saturated carbocycles. The number of amides is 1. The summed E-state index contributed by atoms with van der Waals surface area (Å²) in [6.45, 7) is 1.97. The molecule has 0 unspecified atom stereocenters. The maximum absolute atomic E-state index is 12.8. The van der Waals surface area contributed by atoms with Crippen LogP contribution in [-0.4, -0.2) is 26.0 Å². The second kappa shape index (κ2) is 6.72. The first-order chi connectivity index (χ1) is 12.7. The van der Waals surface area contributed by atoms with Gasteiger partial charge in [-0.25, -0.2) is 4.68 Å². The number of aliphatic hydroxyl groups is 1. The van der Waals surface area contributed by atoms with E-state index in [9.17, 15) is 9.90 Å². The molecule has 1 amide bonds. The molecule has 0 saturated heterocycles. The van der Waals surface area contributed by atoms with Crippen LogP contribution < -0.4 is 5.32 Å². The van der Waals surface area contributed by atoms with Crippen LogP contribution in [0, 0.1) is 6.92 Å². The molecule has 6 heteroatoms. The molecular formula is C20H20N4O2. The molecule has 0 bridgehead atoms. The van der Waals surface area contributed by atoms with E-state index in [1.54, 1.807) is 28.9 Å². The summed E-state index contributed by atoms with van der Waals surface area (Å²) < 4.78 is 1.77. The fourth-order valence-electron chi connectivity index (χ4n) is 2.99. The second-order valence-electron chi connectivity index (χ2n) is 6.66. The molecule has 26 heavy (non-hydrogen) atoms. The lowest BCUT2D eigenvalue weighted by atomic mass is 10.1. The van der Waals surface area contributed by atoms with Crippen molar-refractivity contribution in [2.45, 2.75) is 32.3 Å². The van der Waals surface area contributed by atoms with Crippen LogP contribution in [0.15, 0.2) is 48.5 Å². The predicted octanol–water partition coefficient (Wildman–Crippen LogP) is 3.20. The maximum atomic E-state index is 12.8. The lowest BCUT2D eigenvalue weighted by Crippen LogP contribution is -2.15. The normalized spacial score (nSPS) is 13.6. The lowest BCUT2D eigenvalue weighted by molar-refractivity contribution is 0.102. The minimum Gasteiger partial charge on any atom is -0.392 e. The van der Waals surface area contributed by atoms with Crippen LogP contribution in [0.2, 0.25) is 0 Å². The van der Waals surface area contributed by atoms with Gasteiger partial charge in [0.2, 0.25) is 0 Å². The van der Waals surface area contributed by atoms with Crippen molar-refractivity contribution in [3.63, 3.8) is 0 Å². The molecule has 1 aliphatic carbocycles. The van der Waals surface area contributed by atoms with Crippen LogP contribution in [-0.2, 0) is 6.61 Å². The van der Waals surface area contributed by atoms with Crippen molar-refractivity contribution in [3.05, 3.63) is 71.0 Å². The van der Waals surface area contributed by atoms with E-state index in [-0.39, 0.29) is 12.5 Å². The number of carbonyl (C=O) groups is 1. The fraction of sp³-hybridized carbons (Fsp3) is 0.250. The molecule has 0 aliphatic heterocycles. The highest BCUT2D eigenvalue weighted by atomic mass is 16.3. The largest absolute Gasteiger partial charge is 0.392 e. The summed E-state index contributed by atoms with van der Waals surface area (Å²) in [6.07, 6.45) is 2.08. The van der Waals surface area contributed by atoms with E-state index in [1.807, 2.05) is 31.2 Å². The Hall–Kier alpha value is -2.99. The summed E-state index contributed by atoms with van der Waals surface area (Å²) in [5.74, 6) is 0.0381. The van der Waals surface area contributed by atoms with Crippen molar-refractivity contribution in [2.75, 3.05) is 5.32 Å². The van der Waals surface area contributed by atoms with Gasteiger partial charge in [-0.3, -0.25) is 4.79 Å². The van der Waals surface area contributed by atoms with E-state index < -0.39 is 0 Å². The summed E-state index contributed by atoms with van der Waals surface area (Å²) in [5, 5.41) is 20.5. The number of hydrogen-bond donors (Lipinski definition) is 2. The Kier molecular flexibility index (Phi) is 4.26. The molecule has 1 aromatic heterocycles. The zero-order valence-electron chi connectivity index (χ0n) is 14.5. The topological polar surface area (TPSA) is 80.0 Å². The van der Waals surface area contributed by atoms with Crippen molar-refractivity contribution >= 4 is 11.6 Å². The fourth-order valence-corrected chi connectivity index (χ4v) is 2.99. The molecular weight excluding hydrogens is 328 g/mol. The Bertz CT molecular complexity index is 943. The van der Waals surface area contributed by atoms with Crippen molar-refractivity contribution in [1.82, 2.24) is 15.0 Å². The standard InChI is InChI=1S/C20H20N4O2/c1-13-5-9-17(10-6-13)24-19(15-7-8-15)18(22-23-24)20(26)21-16-4-2-3-14(11-16)12-25/h2-6,9-11,15,25H,7-8,12H2,1H3,(H,21,26). The molecule has 0 atom stereocenters. The van der Waals surface area contributed by atoms with E-state index in [0.717, 1.165) is 29.8 Å². The molecule has 4 rings (SSSR count). The number of aryl methyl sites for hydroxylation is 1. The van der Waals surface area contributed by atoms with Crippen LogP contribution in [0.1, 0.15) is 46.1 Å². The minimum absolute atomic E-state index is 0.0688. The van der Waals surface area contributed by atoms with Gasteiger partial charge in [0, 0.05) is 11.6 Å². The van der Waals surface area contributed by atoms with Gasteiger partial charge in [0.15, 0.2) is 5.69 Å². The van der Waals surface area contributed by atoms with Crippen LogP contribution >= 0.6 is 0 Å². The number of rotatable bonds is 5. The number of aliphatic hydroxyl groups excluding tert-OH is 1. The zero-order chi connectivity index (χ0) is 18.1. The highest BCUT2D eigenvalue weighted by Crippen LogP contribution is 2.42. The Balaban J connectivity index is 1.66. The Morgan fingerprint density at radius 1 is 1.23 bits per heavy atom. The Labute approximate surface area is 151 Å². The molecule has 3 aromatic rings. The van der Waals surface area contributed by atoms with E-state index >= 15 is 0 Å². The molecule has 1 aliphatic rings. The van der Waals surface area contributed by atoms with Crippen LogP contribution in [0.4, 0.5) is 5.69 Å². The average Bonchev–Trinajstić information content (AvgIpc) is 3.40. The first-order valence-electron chi connectivity index (χ1n) is 8.69. The van der Waals surface area contributed by atoms with Gasteiger partial charge in [-0.15, -0.1) is 5.10 Å². The molecule has 6 nitrogen and oxygen atoms in total. The summed E-state index contributed by atoms with van der Waals surface area (Å²) in [4.78, 5) is 12.8. The number of hydrogen-bond acceptors (Lipinski definition) is 4. The molecule has 0 spiro atoms. The number of nitrogens with zero attached hydrogens (tertiary/aromatic N) is 3. The second-order valence-corrected chi connectivity index (χ2v) is 6.66. The molecule has 2 aromatic carbocycles. The number of anilines is 1. The Morgan fingerprint density at radius 2 is 2.00 bits per heavy atom. The summed E-state index contributed by atoms with van der Waals surface area (Å²) >= 11 is 0. The summed E-state index contributed by atoms with van der Waals surface area (Å²) in [6, 6.07) is 15.2. The first-order valence-corrected chi connectivity index (χ1v) is 8.69. The van der Waals surface area contributed by atoms with Crippen molar-refractivity contribution in [2.24, 2.45) is 0 Å². The smallest absolute Gasteiger partial charge is 0.278 e. The SMILES string of the molecule is Cc1ccc(-n2nnc(C(=O)Nc3cccc(CO)c3)c2C2CC2)cc1. The van der Waals surface area contributed by atoms with Gasteiger partial charge >= 0.3 is 0 Å². The van der Waals surface area contributed by atoms with Gasteiger partial charge in [0.25, 0.3) is 5.91 Å². The van der Waals surface area contributed by atoms with Gasteiger partial charge in [-0.1, -0.05) is 35.0 Å². The lowest BCUT2D eigenvalue weighted by Gasteiger charge is -2.08. The molecule has 2 N–H and O–H groups in total. The van der Waals surface area contributed by atoms with Gasteiger partial charge < -0.3 is 10.4 Å². The van der Waals surface area contributed by atoms with Crippen LogP contribution in [0.5, 0.6) is 0 Å². The summed E-state index contributed by atoms with van der Waals surface area (Å²) in [5.41, 5.74) is 4.68. The van der Waals surface area contributed by atoms with Crippen molar-refractivity contribution < 1.29 is 9.90 Å². The van der Waals surface area contributed by atoms with E-state index in [2.05, 4.69) is 15.6 Å². The predicted molar refractivity (Wildman–Crippen MR) is 98.4 cm³/mol.